The van der Waals surface area contributed by atoms with E-state index in [2.05, 4.69) is 5.32 Å². The molecule has 0 amide bonds. The van der Waals surface area contributed by atoms with Gasteiger partial charge in [0.25, 0.3) is 0 Å². The van der Waals surface area contributed by atoms with E-state index in [1.165, 1.54) is 0 Å². The van der Waals surface area contributed by atoms with Gasteiger partial charge in [-0.2, -0.15) is 0 Å². The highest BCUT2D eigenvalue weighted by Crippen LogP contribution is 1.71. The van der Waals surface area contributed by atoms with E-state index in [-0.39, 0.29) is 25.1 Å². The Morgan fingerprint density at radius 3 is 2.44 bits per heavy atom. The largest absolute Gasteiger partial charge is 0.395 e. The number of aliphatic hydroxyl groups excluding tert-OH is 2. The highest BCUT2D eigenvalue weighted by molar-refractivity contribution is 5.85. The van der Waals surface area contributed by atoms with Crippen molar-refractivity contribution in [2.75, 3.05) is 19.7 Å². The third-order valence-corrected chi connectivity index (χ3v) is 0.728. The van der Waals surface area contributed by atoms with Crippen LogP contribution in [0.2, 0.25) is 0 Å². The zero-order chi connectivity index (χ0) is 6.41. The van der Waals surface area contributed by atoms with Gasteiger partial charge in [0.15, 0.2) is 0 Å². The number of nitrogens with one attached hydrogen (secondary N) is 1. The molecule has 4 heteroatoms. The summed E-state index contributed by atoms with van der Waals surface area (Å²) in [5, 5.41) is 19.7. The smallest absolute Gasteiger partial charge is 0.0636 e. The van der Waals surface area contributed by atoms with Crippen LogP contribution in [0.4, 0.5) is 0 Å². The fraction of sp³-hybridized carbons (Fsp3) is 1.00. The lowest BCUT2D eigenvalue weighted by Gasteiger charge is -2.02. The Balaban J connectivity index is 0. The second-order valence-electron chi connectivity index (χ2n) is 1.78. The summed E-state index contributed by atoms with van der Waals surface area (Å²) in [4.78, 5) is 0. The Bertz CT molecular complexity index is 52.2. The highest BCUT2D eigenvalue weighted by atomic mass is 35.5. The quantitative estimate of drug-likeness (QED) is 0.474. The molecule has 0 aromatic carbocycles. The number of rotatable bonds is 4. The summed E-state index contributed by atoms with van der Waals surface area (Å²) in [5.74, 6) is 0. The summed E-state index contributed by atoms with van der Waals surface area (Å²) in [6.07, 6.45) is -0.318. The van der Waals surface area contributed by atoms with E-state index in [9.17, 15) is 0 Å². The highest BCUT2D eigenvalue weighted by Gasteiger charge is 1.90. The minimum absolute atomic E-state index is 0. The normalized spacial score (nSPS) is 12.3. The summed E-state index contributed by atoms with van der Waals surface area (Å²) in [6.45, 7) is 2.95. The first kappa shape index (κ1) is 11.9. The fourth-order valence-corrected chi connectivity index (χ4v) is 0.390. The van der Waals surface area contributed by atoms with E-state index in [1.807, 2.05) is 0 Å². The first-order valence-corrected chi connectivity index (χ1v) is 2.77. The van der Waals surface area contributed by atoms with Crippen LogP contribution in [-0.2, 0) is 0 Å². The van der Waals surface area contributed by atoms with Crippen LogP contribution < -0.4 is 5.32 Å². The lowest BCUT2D eigenvalue weighted by molar-refractivity contribution is 0.186. The minimum Gasteiger partial charge on any atom is -0.395 e. The van der Waals surface area contributed by atoms with E-state index in [1.54, 1.807) is 6.92 Å². The zero-order valence-electron chi connectivity index (χ0n) is 5.50. The van der Waals surface area contributed by atoms with E-state index in [4.69, 9.17) is 10.2 Å². The Hall–Kier alpha value is 0.170. The Kier molecular flexibility index (Phi) is 10.8. The first-order chi connectivity index (χ1) is 3.77. The summed E-state index contributed by atoms with van der Waals surface area (Å²) < 4.78 is 0. The van der Waals surface area contributed by atoms with E-state index >= 15 is 0 Å². The van der Waals surface area contributed by atoms with Crippen molar-refractivity contribution in [1.82, 2.24) is 5.32 Å². The molecule has 0 bridgehead atoms. The molecular formula is C5H14ClNO2. The van der Waals surface area contributed by atoms with Crippen molar-refractivity contribution in [2.24, 2.45) is 0 Å². The van der Waals surface area contributed by atoms with Crippen LogP contribution in [0.5, 0.6) is 0 Å². The maximum atomic E-state index is 8.63. The minimum atomic E-state index is -0.318. The van der Waals surface area contributed by atoms with Gasteiger partial charge >= 0.3 is 0 Å². The van der Waals surface area contributed by atoms with Crippen molar-refractivity contribution in [1.29, 1.82) is 0 Å². The average molecular weight is 156 g/mol. The topological polar surface area (TPSA) is 52.5 Å². The zero-order valence-corrected chi connectivity index (χ0v) is 6.32. The second kappa shape index (κ2) is 8.17. The van der Waals surface area contributed by atoms with Crippen LogP contribution in [0.3, 0.4) is 0 Å². The SMILES string of the molecule is CC(O)CNCCO.Cl. The maximum absolute atomic E-state index is 8.63. The van der Waals surface area contributed by atoms with Crippen molar-refractivity contribution < 1.29 is 10.2 Å². The van der Waals surface area contributed by atoms with E-state index in [0.717, 1.165) is 0 Å². The third kappa shape index (κ3) is 11.6. The van der Waals surface area contributed by atoms with Crippen molar-refractivity contribution in [3.05, 3.63) is 0 Å². The van der Waals surface area contributed by atoms with Crippen molar-refractivity contribution in [3.63, 3.8) is 0 Å². The summed E-state index contributed by atoms with van der Waals surface area (Å²) in [7, 11) is 0. The predicted molar refractivity (Wildman–Crippen MR) is 38.9 cm³/mol. The molecular weight excluding hydrogens is 142 g/mol. The van der Waals surface area contributed by atoms with Gasteiger partial charge < -0.3 is 15.5 Å². The first-order valence-electron chi connectivity index (χ1n) is 2.77. The molecule has 3 N–H and O–H groups in total. The molecule has 58 valence electrons. The molecule has 0 aliphatic rings. The number of aliphatic hydroxyl groups is 2. The van der Waals surface area contributed by atoms with Gasteiger partial charge in [-0.3, -0.25) is 0 Å². The second-order valence-corrected chi connectivity index (χ2v) is 1.78. The molecule has 0 fully saturated rings. The average Bonchev–Trinajstić information content (AvgIpc) is 1.66. The van der Waals surface area contributed by atoms with Gasteiger partial charge in [-0.1, -0.05) is 0 Å². The summed E-state index contributed by atoms with van der Waals surface area (Å²) >= 11 is 0. The van der Waals surface area contributed by atoms with Crippen LogP contribution in [0, 0.1) is 0 Å². The van der Waals surface area contributed by atoms with Crippen LogP contribution in [0.15, 0.2) is 0 Å². The van der Waals surface area contributed by atoms with Gasteiger partial charge in [-0.05, 0) is 6.92 Å². The molecule has 0 heterocycles. The molecule has 0 saturated heterocycles. The van der Waals surface area contributed by atoms with Crippen molar-refractivity contribution >= 4 is 12.4 Å². The Morgan fingerprint density at radius 2 is 2.11 bits per heavy atom. The van der Waals surface area contributed by atoms with Crippen LogP contribution in [-0.4, -0.2) is 36.0 Å². The van der Waals surface area contributed by atoms with Gasteiger partial charge in [-0.15, -0.1) is 12.4 Å². The fourth-order valence-electron chi connectivity index (χ4n) is 0.390. The third-order valence-electron chi connectivity index (χ3n) is 0.728. The van der Waals surface area contributed by atoms with Gasteiger partial charge in [0.2, 0.25) is 0 Å². The van der Waals surface area contributed by atoms with Gasteiger partial charge in [-0.25, -0.2) is 0 Å². The Labute approximate surface area is 61.5 Å². The van der Waals surface area contributed by atoms with Crippen LogP contribution in [0.1, 0.15) is 6.92 Å². The van der Waals surface area contributed by atoms with Crippen LogP contribution in [0.25, 0.3) is 0 Å². The molecule has 0 saturated carbocycles. The monoisotopic (exact) mass is 155 g/mol. The molecule has 3 nitrogen and oxygen atoms in total. The molecule has 1 unspecified atom stereocenters. The molecule has 0 radical (unpaired) electrons. The molecule has 0 aromatic rings. The lowest BCUT2D eigenvalue weighted by Crippen LogP contribution is -2.26. The van der Waals surface area contributed by atoms with E-state index < -0.39 is 0 Å². The lowest BCUT2D eigenvalue weighted by atomic mass is 10.4. The molecule has 0 rings (SSSR count). The van der Waals surface area contributed by atoms with Crippen LogP contribution >= 0.6 is 12.4 Å². The summed E-state index contributed by atoms with van der Waals surface area (Å²) in [5.41, 5.74) is 0. The van der Waals surface area contributed by atoms with Gasteiger partial charge in [0, 0.05) is 13.1 Å². The molecule has 9 heavy (non-hydrogen) atoms. The molecule has 0 aromatic heterocycles. The maximum Gasteiger partial charge on any atom is 0.0636 e. The van der Waals surface area contributed by atoms with Gasteiger partial charge in [0.05, 0.1) is 12.7 Å². The molecule has 0 aliphatic heterocycles. The van der Waals surface area contributed by atoms with Gasteiger partial charge in [0.1, 0.15) is 0 Å². The molecule has 1 atom stereocenters. The number of hydrogen-bond donors (Lipinski definition) is 3. The molecule has 0 spiro atoms. The number of halogens is 1. The Morgan fingerprint density at radius 1 is 1.56 bits per heavy atom. The number of hydrogen-bond acceptors (Lipinski definition) is 3. The summed E-state index contributed by atoms with van der Waals surface area (Å²) in [6, 6.07) is 0. The van der Waals surface area contributed by atoms with Crippen molar-refractivity contribution in [2.45, 2.75) is 13.0 Å². The standard InChI is InChI=1S/C5H13NO2.ClH/c1-5(8)4-6-2-3-7;/h5-8H,2-4H2,1H3;1H. The molecule has 0 aliphatic carbocycles. The van der Waals surface area contributed by atoms with E-state index in [0.29, 0.717) is 13.1 Å². The van der Waals surface area contributed by atoms with Crippen molar-refractivity contribution in [3.8, 4) is 0 Å². The predicted octanol–water partition coefficient (Wildman–Crippen LogP) is -0.629.